The van der Waals surface area contributed by atoms with Gasteiger partial charge in [0.05, 0.1) is 0 Å². The molecular weight excluding hydrogens is 336 g/mol. The average Bonchev–Trinajstić information content (AvgIpc) is 3.32. The maximum Gasteiger partial charge on any atom is 0.253 e. The molecule has 1 atom stereocenters. The van der Waals surface area contributed by atoms with E-state index in [1.165, 1.54) is 0 Å². The fourth-order valence-corrected chi connectivity index (χ4v) is 2.89. The van der Waals surface area contributed by atoms with Crippen LogP contribution >= 0.6 is 23.8 Å². The monoisotopic (exact) mass is 352 g/mol. The number of hydrogen-bond donors (Lipinski definition) is 3. The van der Waals surface area contributed by atoms with Crippen molar-refractivity contribution in [2.24, 2.45) is 0 Å². The summed E-state index contributed by atoms with van der Waals surface area (Å²) in [5, 5.41) is 20.2. The number of halogens is 1. The van der Waals surface area contributed by atoms with E-state index in [9.17, 15) is 9.90 Å². The molecule has 1 aliphatic carbocycles. The lowest BCUT2D eigenvalue weighted by molar-refractivity contribution is -0.129. The van der Waals surface area contributed by atoms with Gasteiger partial charge in [-0.15, -0.1) is 0 Å². The van der Waals surface area contributed by atoms with Crippen molar-refractivity contribution in [3.63, 3.8) is 0 Å². The van der Waals surface area contributed by atoms with Crippen LogP contribution in [-0.2, 0) is 11.3 Å². The Kier molecular flexibility index (Phi) is 4.79. The fraction of sp³-hybridized carbons (Fsp3) is 0.400. The third-order valence-electron chi connectivity index (χ3n) is 3.81. The number of aromatic amines is 1. The van der Waals surface area contributed by atoms with Crippen molar-refractivity contribution in [3.05, 3.63) is 45.4 Å². The molecule has 1 aromatic heterocycles. The average molecular weight is 353 g/mol. The largest absolute Gasteiger partial charge is 0.378 e. The van der Waals surface area contributed by atoms with E-state index in [-0.39, 0.29) is 0 Å². The summed E-state index contributed by atoms with van der Waals surface area (Å²) in [6.07, 6.45) is 0.956. The summed E-state index contributed by atoms with van der Waals surface area (Å²) in [5.41, 5.74) is 0.394. The molecule has 1 amide bonds. The number of benzene rings is 1. The normalized spacial score (nSPS) is 15.4. The van der Waals surface area contributed by atoms with Crippen LogP contribution in [0.3, 0.4) is 0 Å². The number of rotatable bonds is 6. The third-order valence-corrected chi connectivity index (χ3v) is 4.47. The highest BCUT2D eigenvalue weighted by molar-refractivity contribution is 7.71. The predicted molar refractivity (Wildman–Crippen MR) is 88.8 cm³/mol. The first kappa shape index (κ1) is 16.2. The number of H-pyrrole nitrogens is 1. The van der Waals surface area contributed by atoms with Crippen LogP contribution < -0.4 is 5.32 Å². The Morgan fingerprint density at radius 2 is 2.26 bits per heavy atom. The molecule has 6 nitrogen and oxygen atoms in total. The van der Waals surface area contributed by atoms with Gasteiger partial charge < -0.3 is 15.0 Å². The van der Waals surface area contributed by atoms with Gasteiger partial charge in [0.2, 0.25) is 0 Å². The van der Waals surface area contributed by atoms with Crippen molar-refractivity contribution in [2.45, 2.75) is 31.4 Å². The zero-order valence-electron chi connectivity index (χ0n) is 12.3. The Labute approximate surface area is 143 Å². The van der Waals surface area contributed by atoms with Crippen LogP contribution in [0.1, 0.15) is 36.3 Å². The Balaban J connectivity index is 1.58. The number of amides is 1. The quantitative estimate of drug-likeness (QED) is 0.697. The number of aromatic nitrogens is 3. The number of carbonyl (C=O) groups is 1. The van der Waals surface area contributed by atoms with Crippen LogP contribution in [0.15, 0.2) is 24.3 Å². The van der Waals surface area contributed by atoms with Crippen LogP contribution in [0.2, 0.25) is 5.02 Å². The molecule has 0 aliphatic heterocycles. The van der Waals surface area contributed by atoms with Crippen LogP contribution in [0.4, 0.5) is 0 Å². The van der Waals surface area contributed by atoms with Gasteiger partial charge in [0.15, 0.2) is 10.9 Å². The van der Waals surface area contributed by atoms with Crippen molar-refractivity contribution in [2.75, 3.05) is 6.54 Å². The Morgan fingerprint density at radius 1 is 1.52 bits per heavy atom. The van der Waals surface area contributed by atoms with E-state index in [0.29, 0.717) is 34.4 Å². The van der Waals surface area contributed by atoms with Crippen molar-refractivity contribution in [1.82, 2.24) is 20.1 Å². The van der Waals surface area contributed by atoms with Crippen LogP contribution in [0.25, 0.3) is 0 Å². The summed E-state index contributed by atoms with van der Waals surface area (Å²) in [6, 6.07) is 6.74. The van der Waals surface area contributed by atoms with E-state index in [4.69, 9.17) is 23.8 Å². The van der Waals surface area contributed by atoms with E-state index in [1.54, 1.807) is 24.3 Å². The van der Waals surface area contributed by atoms with Crippen LogP contribution in [-0.4, -0.2) is 32.3 Å². The molecule has 0 radical (unpaired) electrons. The molecule has 1 heterocycles. The molecular formula is C15H17ClN4O2S. The molecule has 3 N–H and O–H groups in total. The molecule has 2 aromatic rings. The predicted octanol–water partition coefficient (Wildman–Crippen LogP) is 2.32. The number of carbonyl (C=O) groups excluding carboxylic acids is 1. The zero-order valence-corrected chi connectivity index (χ0v) is 13.9. The van der Waals surface area contributed by atoms with Gasteiger partial charge in [-0.1, -0.05) is 29.8 Å². The van der Waals surface area contributed by atoms with Crippen molar-refractivity contribution in [3.8, 4) is 0 Å². The molecule has 0 unspecified atom stereocenters. The molecule has 1 saturated carbocycles. The van der Waals surface area contributed by atoms with E-state index in [0.717, 1.165) is 18.7 Å². The van der Waals surface area contributed by atoms with Gasteiger partial charge in [0, 0.05) is 29.6 Å². The smallest absolute Gasteiger partial charge is 0.253 e. The highest BCUT2D eigenvalue weighted by atomic mass is 35.5. The van der Waals surface area contributed by atoms with Gasteiger partial charge in [0.1, 0.15) is 5.82 Å². The fourth-order valence-electron chi connectivity index (χ4n) is 2.42. The van der Waals surface area contributed by atoms with E-state index in [2.05, 4.69) is 15.5 Å². The van der Waals surface area contributed by atoms with Gasteiger partial charge in [-0.2, -0.15) is 5.10 Å². The molecule has 1 fully saturated rings. The van der Waals surface area contributed by atoms with E-state index < -0.39 is 12.0 Å². The Morgan fingerprint density at radius 3 is 2.96 bits per heavy atom. The molecule has 1 aromatic carbocycles. The number of nitrogens with one attached hydrogen (secondary N) is 2. The van der Waals surface area contributed by atoms with E-state index in [1.807, 2.05) is 4.57 Å². The second kappa shape index (κ2) is 6.82. The Hall–Kier alpha value is -1.70. The molecule has 8 heteroatoms. The summed E-state index contributed by atoms with van der Waals surface area (Å²) >= 11 is 11.2. The van der Waals surface area contributed by atoms with Crippen molar-refractivity contribution >= 4 is 29.7 Å². The first-order chi connectivity index (χ1) is 11.1. The number of aliphatic hydroxyl groups is 1. The number of aliphatic hydroxyl groups excluding tert-OH is 1. The van der Waals surface area contributed by atoms with Gasteiger partial charge in [0.25, 0.3) is 5.91 Å². The summed E-state index contributed by atoms with van der Waals surface area (Å²) in [7, 11) is 0. The summed E-state index contributed by atoms with van der Waals surface area (Å²) in [5.74, 6) is 0.921. The Bertz CT molecular complexity index is 769. The first-order valence-corrected chi connectivity index (χ1v) is 8.22. The standard InChI is InChI=1S/C15H17ClN4O2S/c16-11-4-2-1-3-10(11)12(21)14(22)17-7-8-20-13(9-5-6-9)18-19-15(20)23/h1-4,9,12,21H,5-8H2,(H,17,22)(H,19,23)/t12-/m1/s1. The van der Waals surface area contributed by atoms with Gasteiger partial charge in [-0.05, 0) is 31.1 Å². The summed E-state index contributed by atoms with van der Waals surface area (Å²) < 4.78 is 2.45. The highest BCUT2D eigenvalue weighted by Crippen LogP contribution is 2.38. The second-order valence-electron chi connectivity index (χ2n) is 5.53. The van der Waals surface area contributed by atoms with E-state index >= 15 is 0 Å². The molecule has 23 heavy (non-hydrogen) atoms. The van der Waals surface area contributed by atoms with Crippen LogP contribution in [0, 0.1) is 4.77 Å². The minimum Gasteiger partial charge on any atom is -0.378 e. The molecule has 1 aliphatic rings. The summed E-state index contributed by atoms with van der Waals surface area (Å²) in [4.78, 5) is 12.1. The molecule has 0 saturated heterocycles. The second-order valence-corrected chi connectivity index (χ2v) is 6.32. The zero-order chi connectivity index (χ0) is 16.4. The third kappa shape index (κ3) is 3.63. The van der Waals surface area contributed by atoms with Crippen LogP contribution in [0.5, 0.6) is 0 Å². The number of nitrogens with zero attached hydrogens (tertiary/aromatic N) is 2. The molecule has 122 valence electrons. The lowest BCUT2D eigenvalue weighted by Gasteiger charge is -2.13. The minimum atomic E-state index is -1.29. The molecule has 3 rings (SSSR count). The van der Waals surface area contributed by atoms with Gasteiger partial charge in [-0.25, -0.2) is 0 Å². The molecule has 0 spiro atoms. The SMILES string of the molecule is O=C(NCCn1c(C2CC2)n[nH]c1=S)[C@H](O)c1ccccc1Cl. The topological polar surface area (TPSA) is 82.9 Å². The lowest BCUT2D eigenvalue weighted by Crippen LogP contribution is -2.32. The maximum atomic E-state index is 12.1. The molecule has 0 bridgehead atoms. The minimum absolute atomic E-state index is 0.355. The number of hydrogen-bond acceptors (Lipinski definition) is 4. The first-order valence-electron chi connectivity index (χ1n) is 7.43. The van der Waals surface area contributed by atoms with Gasteiger partial charge >= 0.3 is 0 Å². The highest BCUT2D eigenvalue weighted by Gasteiger charge is 2.29. The lowest BCUT2D eigenvalue weighted by atomic mass is 10.1. The summed E-state index contributed by atoms with van der Waals surface area (Å²) in [6.45, 7) is 0.871. The van der Waals surface area contributed by atoms with Crippen molar-refractivity contribution in [1.29, 1.82) is 0 Å². The van der Waals surface area contributed by atoms with Crippen molar-refractivity contribution < 1.29 is 9.90 Å². The maximum absolute atomic E-state index is 12.1. The van der Waals surface area contributed by atoms with Gasteiger partial charge in [-0.3, -0.25) is 9.89 Å².